The Kier molecular flexibility index (Phi) is 5.77. The first-order valence-electron chi connectivity index (χ1n) is 9.12. The van der Waals surface area contributed by atoms with Gasteiger partial charge in [-0.1, -0.05) is 23.5 Å². The quantitative estimate of drug-likeness (QED) is 0.552. The largest absolute Gasteiger partial charge is 0.507 e. The van der Waals surface area contributed by atoms with Crippen LogP contribution in [0.15, 0.2) is 61.2 Å². The van der Waals surface area contributed by atoms with Gasteiger partial charge >= 0.3 is 5.97 Å². The van der Waals surface area contributed by atoms with Crippen molar-refractivity contribution in [2.24, 2.45) is 4.99 Å². The monoisotopic (exact) mass is 504 g/mol. The Balaban J connectivity index is 1.93. The summed E-state index contributed by atoms with van der Waals surface area (Å²) in [5.41, 5.74) is 1.47. The number of esters is 1. The first-order chi connectivity index (χ1) is 14.4. The number of phenolic OH excluding ortho intramolecular Hbond substituents is 1. The molecule has 0 bridgehead atoms. The van der Waals surface area contributed by atoms with Gasteiger partial charge in [0.25, 0.3) is 5.56 Å². The maximum absolute atomic E-state index is 13.4. The smallest absolute Gasteiger partial charge is 0.338 e. The maximum atomic E-state index is 13.4. The molecule has 0 saturated heterocycles. The van der Waals surface area contributed by atoms with Gasteiger partial charge in [-0.15, -0.1) is 11.3 Å². The first-order valence-corrected chi connectivity index (χ1v) is 11.6. The fraction of sp³-hybridized carbons (Fsp3) is 0.190. The lowest BCUT2D eigenvalue weighted by atomic mass is 10.0. The molecule has 154 valence electrons. The number of ether oxygens (including phenoxy) is 1. The summed E-state index contributed by atoms with van der Waals surface area (Å²) in [7, 11) is 0. The lowest BCUT2D eigenvalue weighted by molar-refractivity contribution is -0.139. The molecule has 0 fully saturated rings. The highest BCUT2D eigenvalue weighted by molar-refractivity contribution is 9.10. The van der Waals surface area contributed by atoms with Crippen molar-refractivity contribution >= 4 is 50.6 Å². The average molecular weight is 505 g/mol. The van der Waals surface area contributed by atoms with Gasteiger partial charge < -0.3 is 9.84 Å². The molecule has 3 heterocycles. The Morgan fingerprint density at radius 3 is 2.87 bits per heavy atom. The van der Waals surface area contributed by atoms with E-state index in [0.29, 0.717) is 25.1 Å². The SMILES string of the molecule is CCOC(=O)C1=C(C)N=c2s/c(=C/c3ccc(O)c(Br)c3)c(=O)n2C1c1cccs1. The molecule has 0 amide bonds. The van der Waals surface area contributed by atoms with Crippen LogP contribution in [0.5, 0.6) is 5.75 Å². The second-order valence-corrected chi connectivity index (χ2v) is 9.37. The number of carbonyl (C=O) groups is 1. The molecule has 1 atom stereocenters. The van der Waals surface area contributed by atoms with E-state index in [2.05, 4.69) is 20.9 Å². The molecule has 0 spiro atoms. The van der Waals surface area contributed by atoms with Crippen LogP contribution >= 0.6 is 38.6 Å². The summed E-state index contributed by atoms with van der Waals surface area (Å²) in [6.07, 6.45) is 1.75. The van der Waals surface area contributed by atoms with Gasteiger partial charge in [0.15, 0.2) is 4.80 Å². The molecular formula is C21H17BrN2O4S2. The molecule has 30 heavy (non-hydrogen) atoms. The number of phenols is 1. The minimum Gasteiger partial charge on any atom is -0.507 e. The highest BCUT2D eigenvalue weighted by Crippen LogP contribution is 2.33. The van der Waals surface area contributed by atoms with E-state index in [4.69, 9.17) is 4.74 Å². The zero-order valence-electron chi connectivity index (χ0n) is 16.1. The second kappa shape index (κ2) is 8.33. The number of halogens is 1. The third-order valence-corrected chi connectivity index (χ3v) is 7.14. The molecule has 6 nitrogen and oxygen atoms in total. The van der Waals surface area contributed by atoms with Crippen LogP contribution < -0.4 is 14.9 Å². The topological polar surface area (TPSA) is 80.9 Å². The van der Waals surface area contributed by atoms with E-state index in [-0.39, 0.29) is 17.9 Å². The predicted molar refractivity (Wildman–Crippen MR) is 121 cm³/mol. The fourth-order valence-corrected chi connectivity index (χ4v) is 5.54. The number of benzene rings is 1. The van der Waals surface area contributed by atoms with Crippen molar-refractivity contribution in [1.29, 1.82) is 0 Å². The molecule has 9 heteroatoms. The molecule has 0 aliphatic carbocycles. The van der Waals surface area contributed by atoms with Gasteiger partial charge in [-0.3, -0.25) is 9.36 Å². The number of aromatic hydroxyl groups is 1. The number of fused-ring (bicyclic) bond motifs is 1. The molecule has 4 rings (SSSR count). The number of hydrogen-bond acceptors (Lipinski definition) is 7. The van der Waals surface area contributed by atoms with Crippen molar-refractivity contribution < 1.29 is 14.6 Å². The Bertz CT molecular complexity index is 1340. The summed E-state index contributed by atoms with van der Waals surface area (Å²) < 4.78 is 7.86. The molecule has 0 saturated carbocycles. The van der Waals surface area contributed by atoms with E-state index in [1.165, 1.54) is 22.7 Å². The number of nitrogens with zero attached hydrogens (tertiary/aromatic N) is 2. The zero-order valence-corrected chi connectivity index (χ0v) is 19.3. The van der Waals surface area contributed by atoms with Gasteiger partial charge in [0.05, 0.1) is 26.9 Å². The third kappa shape index (κ3) is 3.68. The zero-order chi connectivity index (χ0) is 21.4. The lowest BCUT2D eigenvalue weighted by Crippen LogP contribution is -2.39. The normalized spacial score (nSPS) is 16.4. The minimum atomic E-state index is -0.575. The van der Waals surface area contributed by atoms with Crippen molar-refractivity contribution in [3.8, 4) is 5.75 Å². The van der Waals surface area contributed by atoms with Crippen molar-refractivity contribution in [3.05, 3.63) is 81.6 Å². The Labute approximate surface area is 188 Å². The summed E-state index contributed by atoms with van der Waals surface area (Å²) in [4.78, 5) is 32.0. The van der Waals surface area contributed by atoms with E-state index in [1.54, 1.807) is 42.7 Å². The van der Waals surface area contributed by atoms with Gasteiger partial charge in [-0.25, -0.2) is 9.79 Å². The van der Waals surface area contributed by atoms with Crippen LogP contribution in [-0.2, 0) is 9.53 Å². The number of rotatable bonds is 4. The van der Waals surface area contributed by atoms with E-state index >= 15 is 0 Å². The second-order valence-electron chi connectivity index (χ2n) is 6.53. The third-order valence-electron chi connectivity index (χ3n) is 4.60. The average Bonchev–Trinajstić information content (AvgIpc) is 3.33. The number of thiophene rings is 1. The summed E-state index contributed by atoms with van der Waals surface area (Å²) in [5, 5.41) is 11.6. The summed E-state index contributed by atoms with van der Waals surface area (Å²) in [6, 6.07) is 8.24. The molecule has 0 radical (unpaired) electrons. The summed E-state index contributed by atoms with van der Waals surface area (Å²) in [6.45, 7) is 3.76. The predicted octanol–water partition coefficient (Wildman–Crippen LogP) is 3.33. The molecule has 1 aliphatic heterocycles. The van der Waals surface area contributed by atoms with E-state index in [9.17, 15) is 14.7 Å². The molecule has 1 unspecified atom stereocenters. The lowest BCUT2D eigenvalue weighted by Gasteiger charge is -2.23. The molecule has 1 N–H and O–H groups in total. The van der Waals surface area contributed by atoms with Crippen LogP contribution in [-0.4, -0.2) is 22.2 Å². The van der Waals surface area contributed by atoms with E-state index in [1.807, 2.05) is 17.5 Å². The van der Waals surface area contributed by atoms with E-state index in [0.717, 1.165) is 10.4 Å². The van der Waals surface area contributed by atoms with Gasteiger partial charge in [0.2, 0.25) is 0 Å². The van der Waals surface area contributed by atoms with Crippen LogP contribution in [0.4, 0.5) is 0 Å². The van der Waals surface area contributed by atoms with Crippen LogP contribution in [0.2, 0.25) is 0 Å². The fourth-order valence-electron chi connectivity index (χ4n) is 3.27. The number of hydrogen-bond donors (Lipinski definition) is 1. The molecule has 1 aliphatic rings. The van der Waals surface area contributed by atoms with Crippen LogP contribution in [0.1, 0.15) is 30.3 Å². The summed E-state index contributed by atoms with van der Waals surface area (Å²) >= 11 is 6.04. The molecule has 2 aromatic heterocycles. The minimum absolute atomic E-state index is 0.126. The highest BCUT2D eigenvalue weighted by atomic mass is 79.9. The molecule has 3 aromatic rings. The first kappa shape index (κ1) is 20.8. The number of aromatic nitrogens is 1. The Morgan fingerprint density at radius 2 is 2.20 bits per heavy atom. The van der Waals surface area contributed by atoms with Gasteiger partial charge in [0, 0.05) is 4.88 Å². The van der Waals surface area contributed by atoms with Gasteiger partial charge in [-0.05, 0) is 65.0 Å². The Hall–Kier alpha value is -2.49. The molecule has 1 aromatic carbocycles. The number of carbonyl (C=O) groups excluding carboxylic acids is 1. The van der Waals surface area contributed by atoms with Crippen molar-refractivity contribution in [2.75, 3.05) is 6.61 Å². The Morgan fingerprint density at radius 1 is 1.40 bits per heavy atom. The molecular weight excluding hydrogens is 488 g/mol. The highest BCUT2D eigenvalue weighted by Gasteiger charge is 2.33. The number of thiazole rings is 1. The van der Waals surface area contributed by atoms with E-state index < -0.39 is 12.0 Å². The van der Waals surface area contributed by atoms with Gasteiger partial charge in [0.1, 0.15) is 11.8 Å². The maximum Gasteiger partial charge on any atom is 0.338 e. The van der Waals surface area contributed by atoms with Gasteiger partial charge in [-0.2, -0.15) is 0 Å². The van der Waals surface area contributed by atoms with Crippen molar-refractivity contribution in [2.45, 2.75) is 19.9 Å². The van der Waals surface area contributed by atoms with Crippen LogP contribution in [0.3, 0.4) is 0 Å². The van der Waals surface area contributed by atoms with Crippen molar-refractivity contribution in [1.82, 2.24) is 4.57 Å². The van der Waals surface area contributed by atoms with Crippen molar-refractivity contribution in [3.63, 3.8) is 0 Å². The standard InChI is InChI=1S/C21H17BrN2O4S2/c1-3-28-20(27)17-11(2)23-21-24(18(17)15-5-4-8-29-15)19(26)16(30-21)10-12-6-7-14(25)13(22)9-12/h4-10,18,25H,3H2,1-2H3/b16-10+. The van der Waals surface area contributed by atoms with Crippen LogP contribution in [0, 0.1) is 0 Å². The summed E-state index contributed by atoms with van der Waals surface area (Å²) in [5.74, 6) is -0.338. The van der Waals surface area contributed by atoms with Crippen LogP contribution in [0.25, 0.3) is 6.08 Å². The number of allylic oxidation sites excluding steroid dienone is 1.